The molecule has 0 unspecified atom stereocenters. The number of hydrogen-bond acceptors (Lipinski definition) is 3. The van der Waals surface area contributed by atoms with Crippen molar-refractivity contribution in [3.8, 4) is 0 Å². The second-order valence-corrected chi connectivity index (χ2v) is 9.50. The number of benzene rings is 2. The molecule has 0 saturated heterocycles. The van der Waals surface area contributed by atoms with E-state index in [0.717, 1.165) is 36.8 Å². The first-order valence-electron chi connectivity index (χ1n) is 9.76. The topological polar surface area (TPSA) is 57.6 Å². The second-order valence-electron chi connectivity index (χ2n) is 7.69. The predicted molar refractivity (Wildman–Crippen MR) is 109 cm³/mol. The third-order valence-corrected chi connectivity index (χ3v) is 7.20. The monoisotopic (exact) mass is 387 g/mol. The van der Waals surface area contributed by atoms with Gasteiger partial charge in [0.1, 0.15) is 4.75 Å². The van der Waals surface area contributed by atoms with E-state index < -0.39 is 14.9 Å². The van der Waals surface area contributed by atoms with Gasteiger partial charge >= 0.3 is 0 Å². The lowest BCUT2D eigenvalue weighted by Gasteiger charge is -2.35. The Balaban J connectivity index is 1.87. The van der Waals surface area contributed by atoms with E-state index in [0.29, 0.717) is 32.5 Å². The third kappa shape index (κ3) is 5.41. The molecule has 0 aliphatic heterocycles. The van der Waals surface area contributed by atoms with Crippen LogP contribution in [0.15, 0.2) is 60.7 Å². The second kappa shape index (κ2) is 9.00. The Labute approximate surface area is 163 Å². The summed E-state index contributed by atoms with van der Waals surface area (Å²) in [6.45, 7) is 1.68. The molecule has 0 amide bonds. The maximum atomic E-state index is 12.4. The fourth-order valence-electron chi connectivity index (χ4n) is 4.13. The third-order valence-electron chi connectivity index (χ3n) is 5.57. The Hall–Kier alpha value is -1.69. The maximum absolute atomic E-state index is 12.4. The molecule has 0 spiro atoms. The fraction of sp³-hybridized carbons (Fsp3) is 0.455. The maximum Gasteiger partial charge on any atom is 0.271 e. The standard InChI is InChI=1S/C22H29NO3S/c24-27(25,26)22(15-9-1-2-10-16-22)19-23(17-20-11-5-3-6-12-20)18-21-13-7-4-8-14-21/h3-8,11-14H,1-2,9-10,15-19H2,(H,24,25,26). The number of hydrogen-bond donors (Lipinski definition) is 1. The minimum atomic E-state index is -4.13. The summed E-state index contributed by atoms with van der Waals surface area (Å²) in [4.78, 5) is 2.17. The summed E-state index contributed by atoms with van der Waals surface area (Å²) in [5.74, 6) is 0. The summed E-state index contributed by atoms with van der Waals surface area (Å²) in [5, 5.41) is 0. The molecule has 0 bridgehead atoms. The molecule has 146 valence electrons. The first-order chi connectivity index (χ1) is 13.0. The zero-order valence-electron chi connectivity index (χ0n) is 15.8. The number of rotatable bonds is 7. The highest BCUT2D eigenvalue weighted by Gasteiger charge is 2.44. The van der Waals surface area contributed by atoms with E-state index in [2.05, 4.69) is 29.2 Å². The molecule has 1 aliphatic carbocycles. The van der Waals surface area contributed by atoms with Crippen molar-refractivity contribution in [2.75, 3.05) is 6.54 Å². The molecule has 1 aliphatic rings. The quantitative estimate of drug-likeness (QED) is 0.554. The van der Waals surface area contributed by atoms with Crippen molar-refractivity contribution in [3.05, 3.63) is 71.8 Å². The SMILES string of the molecule is O=S(=O)(O)C1(CN(Cc2ccccc2)Cc2ccccc2)CCCCCC1. The minimum absolute atomic E-state index is 0.357. The van der Waals surface area contributed by atoms with Crippen molar-refractivity contribution in [2.45, 2.75) is 56.4 Å². The summed E-state index contributed by atoms with van der Waals surface area (Å²) in [6, 6.07) is 20.2. The Bertz CT molecular complexity index is 756. The Kier molecular flexibility index (Phi) is 6.68. The first-order valence-corrected chi connectivity index (χ1v) is 11.2. The Morgan fingerprint density at radius 3 is 1.63 bits per heavy atom. The van der Waals surface area contributed by atoms with Crippen molar-refractivity contribution in [1.82, 2.24) is 4.90 Å². The highest BCUT2D eigenvalue weighted by atomic mass is 32.2. The van der Waals surface area contributed by atoms with Crippen LogP contribution in [0.25, 0.3) is 0 Å². The lowest BCUT2D eigenvalue weighted by atomic mass is 9.97. The summed E-state index contributed by atoms with van der Waals surface area (Å²) in [7, 11) is -4.13. The van der Waals surface area contributed by atoms with E-state index in [-0.39, 0.29) is 0 Å². The Morgan fingerprint density at radius 1 is 0.778 bits per heavy atom. The molecule has 0 atom stereocenters. The lowest BCUT2D eigenvalue weighted by Crippen LogP contribution is -2.48. The van der Waals surface area contributed by atoms with Crippen molar-refractivity contribution in [2.24, 2.45) is 0 Å². The van der Waals surface area contributed by atoms with E-state index in [1.807, 2.05) is 36.4 Å². The zero-order chi connectivity index (χ0) is 19.2. The predicted octanol–water partition coefficient (Wildman–Crippen LogP) is 4.67. The highest BCUT2D eigenvalue weighted by molar-refractivity contribution is 7.87. The van der Waals surface area contributed by atoms with Gasteiger partial charge in [0.05, 0.1) is 0 Å². The molecule has 2 aromatic rings. The van der Waals surface area contributed by atoms with Gasteiger partial charge in [0, 0.05) is 19.6 Å². The van der Waals surface area contributed by atoms with Gasteiger partial charge in [-0.25, -0.2) is 0 Å². The molecular formula is C22H29NO3S. The first kappa shape index (κ1) is 20.1. The fourth-order valence-corrected chi connectivity index (χ4v) is 5.28. The van der Waals surface area contributed by atoms with Gasteiger partial charge in [0.15, 0.2) is 0 Å². The van der Waals surface area contributed by atoms with Gasteiger partial charge < -0.3 is 0 Å². The van der Waals surface area contributed by atoms with E-state index in [9.17, 15) is 13.0 Å². The molecular weight excluding hydrogens is 358 g/mol. The molecule has 5 heteroatoms. The summed E-state index contributed by atoms with van der Waals surface area (Å²) in [6.07, 6.45) is 4.84. The molecule has 0 heterocycles. The molecule has 3 rings (SSSR count). The van der Waals surface area contributed by atoms with Crippen LogP contribution in [-0.2, 0) is 23.2 Å². The van der Waals surface area contributed by atoms with Gasteiger partial charge in [-0.3, -0.25) is 9.45 Å². The smallest absolute Gasteiger partial charge is 0.271 e. The van der Waals surface area contributed by atoms with Gasteiger partial charge in [-0.2, -0.15) is 8.42 Å². The molecule has 2 aromatic carbocycles. The van der Waals surface area contributed by atoms with Crippen LogP contribution in [0.4, 0.5) is 0 Å². The van der Waals surface area contributed by atoms with Crippen LogP contribution in [0.5, 0.6) is 0 Å². The van der Waals surface area contributed by atoms with Gasteiger partial charge in [0.25, 0.3) is 10.1 Å². The Morgan fingerprint density at radius 2 is 1.22 bits per heavy atom. The molecule has 4 nitrogen and oxygen atoms in total. The van der Waals surface area contributed by atoms with Crippen molar-refractivity contribution < 1.29 is 13.0 Å². The minimum Gasteiger partial charge on any atom is -0.293 e. The van der Waals surface area contributed by atoms with E-state index in [1.165, 1.54) is 0 Å². The van der Waals surface area contributed by atoms with Gasteiger partial charge in [-0.05, 0) is 24.0 Å². The van der Waals surface area contributed by atoms with Crippen molar-refractivity contribution in [3.63, 3.8) is 0 Å². The van der Waals surface area contributed by atoms with Crippen LogP contribution < -0.4 is 0 Å². The van der Waals surface area contributed by atoms with Gasteiger partial charge in [-0.1, -0.05) is 86.3 Å². The molecule has 1 fully saturated rings. The van der Waals surface area contributed by atoms with Gasteiger partial charge in [-0.15, -0.1) is 0 Å². The van der Waals surface area contributed by atoms with E-state index in [1.54, 1.807) is 0 Å². The average Bonchev–Trinajstić information content (AvgIpc) is 2.90. The average molecular weight is 388 g/mol. The molecule has 0 radical (unpaired) electrons. The summed E-state index contributed by atoms with van der Waals surface area (Å²) in [5.41, 5.74) is 2.29. The lowest BCUT2D eigenvalue weighted by molar-refractivity contribution is 0.207. The molecule has 27 heavy (non-hydrogen) atoms. The molecule has 0 aromatic heterocycles. The number of nitrogens with zero attached hydrogens (tertiary/aromatic N) is 1. The zero-order valence-corrected chi connectivity index (χ0v) is 16.6. The van der Waals surface area contributed by atoms with Crippen molar-refractivity contribution >= 4 is 10.1 Å². The van der Waals surface area contributed by atoms with Crippen LogP contribution in [0.2, 0.25) is 0 Å². The van der Waals surface area contributed by atoms with Crippen LogP contribution in [-0.4, -0.2) is 29.2 Å². The summed E-state index contributed by atoms with van der Waals surface area (Å²) >= 11 is 0. The summed E-state index contributed by atoms with van der Waals surface area (Å²) < 4.78 is 33.9. The van der Waals surface area contributed by atoms with E-state index in [4.69, 9.17) is 0 Å². The highest BCUT2D eigenvalue weighted by Crippen LogP contribution is 2.35. The van der Waals surface area contributed by atoms with Crippen LogP contribution in [0.3, 0.4) is 0 Å². The molecule has 1 N–H and O–H groups in total. The van der Waals surface area contributed by atoms with E-state index >= 15 is 0 Å². The normalized spacial score (nSPS) is 17.6. The molecule has 1 saturated carbocycles. The largest absolute Gasteiger partial charge is 0.293 e. The van der Waals surface area contributed by atoms with Crippen molar-refractivity contribution in [1.29, 1.82) is 0 Å². The van der Waals surface area contributed by atoms with Crippen LogP contribution >= 0.6 is 0 Å². The van der Waals surface area contributed by atoms with Gasteiger partial charge in [0.2, 0.25) is 0 Å². The van der Waals surface area contributed by atoms with Crippen LogP contribution in [0, 0.1) is 0 Å². The van der Waals surface area contributed by atoms with Crippen LogP contribution in [0.1, 0.15) is 49.7 Å².